The SMILES string of the molecule is CCOc1ccc(C(C(=O)NC2CCCC2)N(C(=O)c2ccc3c(c2)OCCO3)c2ccc(OCC)cc2)cc1. The minimum absolute atomic E-state index is 0.0873. The van der Waals surface area contributed by atoms with Crippen molar-refractivity contribution >= 4 is 17.5 Å². The van der Waals surface area contributed by atoms with Crippen LogP contribution in [0.1, 0.15) is 61.5 Å². The molecule has 1 saturated carbocycles. The second-order valence-electron chi connectivity index (χ2n) is 9.86. The molecule has 0 radical (unpaired) electrons. The summed E-state index contributed by atoms with van der Waals surface area (Å²) < 4.78 is 22.7. The van der Waals surface area contributed by atoms with Crippen molar-refractivity contribution in [3.8, 4) is 23.0 Å². The van der Waals surface area contributed by atoms with Crippen LogP contribution < -0.4 is 29.2 Å². The van der Waals surface area contributed by atoms with E-state index in [1.54, 1.807) is 23.1 Å². The summed E-state index contributed by atoms with van der Waals surface area (Å²) in [5.41, 5.74) is 1.64. The lowest BCUT2D eigenvalue weighted by Gasteiger charge is -2.33. The average Bonchev–Trinajstić information content (AvgIpc) is 3.50. The predicted octanol–water partition coefficient (Wildman–Crippen LogP) is 5.70. The van der Waals surface area contributed by atoms with Crippen LogP contribution >= 0.6 is 0 Å². The zero-order valence-electron chi connectivity index (χ0n) is 23.1. The third-order valence-electron chi connectivity index (χ3n) is 7.15. The van der Waals surface area contributed by atoms with Crippen LogP contribution in [0.4, 0.5) is 5.69 Å². The molecule has 3 aromatic rings. The Hall–Kier alpha value is -4.20. The Labute approximate surface area is 235 Å². The number of anilines is 1. The van der Waals surface area contributed by atoms with Crippen LogP contribution in [0.3, 0.4) is 0 Å². The number of nitrogens with one attached hydrogen (secondary N) is 1. The van der Waals surface area contributed by atoms with Gasteiger partial charge in [-0.15, -0.1) is 0 Å². The highest BCUT2D eigenvalue weighted by molar-refractivity contribution is 6.10. The first-order valence-electron chi connectivity index (χ1n) is 14.1. The van der Waals surface area contributed by atoms with Crippen LogP contribution in [0.5, 0.6) is 23.0 Å². The average molecular weight is 545 g/mol. The summed E-state index contributed by atoms with van der Waals surface area (Å²) in [5.74, 6) is 1.93. The molecule has 1 fully saturated rings. The number of ether oxygens (including phenoxy) is 4. The fraction of sp³-hybridized carbons (Fsp3) is 0.375. The molecule has 0 bridgehead atoms. The largest absolute Gasteiger partial charge is 0.494 e. The maximum atomic E-state index is 14.4. The van der Waals surface area contributed by atoms with Gasteiger partial charge in [-0.25, -0.2) is 0 Å². The van der Waals surface area contributed by atoms with Gasteiger partial charge in [0.05, 0.1) is 13.2 Å². The van der Waals surface area contributed by atoms with E-state index in [4.69, 9.17) is 18.9 Å². The molecule has 1 N–H and O–H groups in total. The number of rotatable bonds is 10. The Bertz CT molecular complexity index is 1300. The van der Waals surface area contributed by atoms with Crippen molar-refractivity contribution in [1.82, 2.24) is 5.32 Å². The van der Waals surface area contributed by atoms with Gasteiger partial charge >= 0.3 is 0 Å². The third-order valence-corrected chi connectivity index (χ3v) is 7.15. The van der Waals surface area contributed by atoms with Crippen molar-refractivity contribution in [2.24, 2.45) is 0 Å². The highest BCUT2D eigenvalue weighted by Gasteiger charge is 2.35. The molecule has 0 saturated heterocycles. The lowest BCUT2D eigenvalue weighted by molar-refractivity contribution is -0.123. The van der Waals surface area contributed by atoms with E-state index >= 15 is 0 Å². The molecule has 0 spiro atoms. The van der Waals surface area contributed by atoms with E-state index in [-0.39, 0.29) is 17.9 Å². The number of carbonyl (C=O) groups excluding carboxylic acids is 2. The maximum Gasteiger partial charge on any atom is 0.259 e. The van der Waals surface area contributed by atoms with E-state index in [0.29, 0.717) is 66.2 Å². The Morgan fingerprint density at radius 3 is 2.08 bits per heavy atom. The van der Waals surface area contributed by atoms with Crippen molar-refractivity contribution in [3.05, 3.63) is 77.9 Å². The van der Waals surface area contributed by atoms with Gasteiger partial charge < -0.3 is 24.3 Å². The highest BCUT2D eigenvalue weighted by atomic mass is 16.6. The quantitative estimate of drug-likeness (QED) is 0.352. The molecule has 2 amide bonds. The van der Waals surface area contributed by atoms with Gasteiger partial charge in [-0.2, -0.15) is 0 Å². The number of fused-ring (bicyclic) bond motifs is 1. The van der Waals surface area contributed by atoms with E-state index in [9.17, 15) is 9.59 Å². The maximum absolute atomic E-state index is 14.4. The second-order valence-corrected chi connectivity index (χ2v) is 9.86. The van der Waals surface area contributed by atoms with Gasteiger partial charge in [0.25, 0.3) is 5.91 Å². The monoisotopic (exact) mass is 544 g/mol. The van der Waals surface area contributed by atoms with Gasteiger partial charge in [-0.3, -0.25) is 14.5 Å². The minimum Gasteiger partial charge on any atom is -0.494 e. The molecular weight excluding hydrogens is 508 g/mol. The van der Waals surface area contributed by atoms with E-state index < -0.39 is 6.04 Å². The fourth-order valence-electron chi connectivity index (χ4n) is 5.25. The molecule has 5 rings (SSSR count). The number of hydrogen-bond acceptors (Lipinski definition) is 6. The molecule has 1 aliphatic heterocycles. The summed E-state index contributed by atoms with van der Waals surface area (Å²) in [6, 6.07) is 18.9. The van der Waals surface area contributed by atoms with Crippen LogP contribution in [0, 0.1) is 0 Å². The van der Waals surface area contributed by atoms with Crippen molar-refractivity contribution in [3.63, 3.8) is 0 Å². The van der Waals surface area contributed by atoms with Gasteiger partial charge in [0.15, 0.2) is 11.5 Å². The van der Waals surface area contributed by atoms with Crippen LogP contribution in [-0.2, 0) is 4.79 Å². The van der Waals surface area contributed by atoms with Crippen LogP contribution in [0.2, 0.25) is 0 Å². The zero-order chi connectivity index (χ0) is 27.9. The fourth-order valence-corrected chi connectivity index (χ4v) is 5.25. The summed E-state index contributed by atoms with van der Waals surface area (Å²) in [6.45, 7) is 5.77. The molecule has 1 atom stereocenters. The standard InChI is InChI=1S/C32H36N2O6/c1-3-37-26-14-9-22(10-15-26)30(31(35)33-24-7-5-6-8-24)34(25-12-16-27(17-13-25)38-4-2)32(36)23-11-18-28-29(21-23)40-20-19-39-28/h9-18,21,24,30H,3-8,19-20H2,1-2H3,(H,33,35). The van der Waals surface area contributed by atoms with Gasteiger partial charge in [0.1, 0.15) is 30.8 Å². The normalized spacial score (nSPS) is 15.2. The number of hydrogen-bond donors (Lipinski definition) is 1. The molecule has 210 valence electrons. The topological polar surface area (TPSA) is 86.3 Å². The minimum atomic E-state index is -0.921. The molecule has 40 heavy (non-hydrogen) atoms. The number of amides is 2. The second kappa shape index (κ2) is 12.8. The molecule has 8 heteroatoms. The lowest BCUT2D eigenvalue weighted by Crippen LogP contribution is -2.46. The molecule has 0 aromatic heterocycles. The van der Waals surface area contributed by atoms with Crippen molar-refractivity contribution < 1.29 is 28.5 Å². The first-order chi connectivity index (χ1) is 19.6. The molecule has 3 aromatic carbocycles. The Kier molecular flexibility index (Phi) is 8.74. The first kappa shape index (κ1) is 27.4. The van der Waals surface area contributed by atoms with E-state index in [1.165, 1.54) is 0 Å². The number of nitrogens with zero attached hydrogens (tertiary/aromatic N) is 1. The zero-order valence-corrected chi connectivity index (χ0v) is 23.1. The Morgan fingerprint density at radius 2 is 1.45 bits per heavy atom. The predicted molar refractivity (Wildman–Crippen MR) is 153 cm³/mol. The lowest BCUT2D eigenvalue weighted by atomic mass is 10.0. The van der Waals surface area contributed by atoms with Crippen LogP contribution in [-0.4, -0.2) is 44.3 Å². The summed E-state index contributed by atoms with van der Waals surface area (Å²) in [6.07, 6.45) is 4.02. The van der Waals surface area contributed by atoms with Gasteiger partial charge in [0.2, 0.25) is 5.91 Å². The molecule has 1 unspecified atom stereocenters. The smallest absolute Gasteiger partial charge is 0.259 e. The van der Waals surface area contributed by atoms with Gasteiger partial charge in [0, 0.05) is 17.3 Å². The van der Waals surface area contributed by atoms with Gasteiger partial charge in [-0.05, 0) is 86.8 Å². The summed E-state index contributed by atoms with van der Waals surface area (Å²) in [5, 5.41) is 3.22. The van der Waals surface area contributed by atoms with E-state index in [1.807, 2.05) is 62.4 Å². The van der Waals surface area contributed by atoms with Crippen molar-refractivity contribution in [2.75, 3.05) is 31.3 Å². The molecule has 2 aliphatic rings. The van der Waals surface area contributed by atoms with Gasteiger partial charge in [-0.1, -0.05) is 25.0 Å². The summed E-state index contributed by atoms with van der Waals surface area (Å²) in [7, 11) is 0. The Balaban J connectivity index is 1.58. The van der Waals surface area contributed by atoms with Crippen molar-refractivity contribution in [1.29, 1.82) is 0 Å². The number of carbonyl (C=O) groups is 2. The highest BCUT2D eigenvalue weighted by Crippen LogP contribution is 2.35. The summed E-state index contributed by atoms with van der Waals surface area (Å²) in [4.78, 5) is 30.0. The third kappa shape index (κ3) is 6.17. The van der Waals surface area contributed by atoms with E-state index in [2.05, 4.69) is 5.32 Å². The van der Waals surface area contributed by atoms with Crippen LogP contribution in [0.25, 0.3) is 0 Å². The Morgan fingerprint density at radius 1 is 0.850 bits per heavy atom. The number of benzene rings is 3. The molecule has 1 heterocycles. The summed E-state index contributed by atoms with van der Waals surface area (Å²) >= 11 is 0. The van der Waals surface area contributed by atoms with E-state index in [0.717, 1.165) is 25.7 Å². The molecule has 1 aliphatic carbocycles. The molecular formula is C32H36N2O6. The first-order valence-corrected chi connectivity index (χ1v) is 14.1. The molecule has 8 nitrogen and oxygen atoms in total. The van der Waals surface area contributed by atoms with Crippen LogP contribution in [0.15, 0.2) is 66.7 Å². The van der Waals surface area contributed by atoms with Crippen molar-refractivity contribution in [2.45, 2.75) is 51.6 Å².